The van der Waals surface area contributed by atoms with E-state index in [-0.39, 0.29) is 6.04 Å². The molecule has 1 aliphatic heterocycles. The molecule has 0 bridgehead atoms. The van der Waals surface area contributed by atoms with E-state index in [1.54, 1.807) is 17.2 Å². The van der Waals surface area contributed by atoms with Crippen molar-refractivity contribution in [3.8, 4) is 11.9 Å². The van der Waals surface area contributed by atoms with Crippen LogP contribution in [0.5, 0.6) is 5.75 Å². The third-order valence-corrected chi connectivity index (χ3v) is 3.37. The predicted octanol–water partition coefficient (Wildman–Crippen LogP) is 1.75. The fourth-order valence-corrected chi connectivity index (χ4v) is 2.20. The van der Waals surface area contributed by atoms with Crippen LogP contribution in [0.25, 0.3) is 0 Å². The van der Waals surface area contributed by atoms with Crippen LogP contribution in [0, 0.1) is 11.5 Å². The molecule has 6 heteroatoms. The predicted molar refractivity (Wildman–Crippen MR) is 67.2 cm³/mol. The highest BCUT2D eigenvalue weighted by Crippen LogP contribution is 2.26. The van der Waals surface area contributed by atoms with Crippen molar-refractivity contribution < 1.29 is 4.74 Å². The summed E-state index contributed by atoms with van der Waals surface area (Å²) >= 11 is 3.35. The van der Waals surface area contributed by atoms with Crippen LogP contribution in [0.15, 0.2) is 16.7 Å². The number of hydrogen-bond donors (Lipinski definition) is 1. The highest BCUT2D eigenvalue weighted by molar-refractivity contribution is 9.10. The fourth-order valence-electron chi connectivity index (χ4n) is 1.87. The number of rotatable bonds is 3. The summed E-state index contributed by atoms with van der Waals surface area (Å²) in [6.07, 6.45) is 5.83. The lowest BCUT2D eigenvalue weighted by molar-refractivity contribution is 0.218. The van der Waals surface area contributed by atoms with Crippen molar-refractivity contribution in [2.45, 2.75) is 18.9 Å². The minimum absolute atomic E-state index is 0.168. The van der Waals surface area contributed by atoms with Gasteiger partial charge in [-0.1, -0.05) is 0 Å². The van der Waals surface area contributed by atoms with E-state index in [4.69, 9.17) is 15.7 Å². The van der Waals surface area contributed by atoms with Gasteiger partial charge in [-0.3, -0.25) is 0 Å². The number of aromatic nitrogens is 1. The maximum Gasteiger partial charge on any atom is 0.179 e. The van der Waals surface area contributed by atoms with E-state index in [0.29, 0.717) is 18.2 Å². The SMILES string of the molecule is N#CN1CCCC1COc1cc(N)ncc1Br. The number of hydrogen-bond acceptors (Lipinski definition) is 5. The first-order valence-electron chi connectivity index (χ1n) is 5.41. The van der Waals surface area contributed by atoms with Crippen molar-refractivity contribution in [3.63, 3.8) is 0 Å². The van der Waals surface area contributed by atoms with E-state index in [1.807, 2.05) is 0 Å². The molecule has 2 N–H and O–H groups in total. The molecule has 1 saturated heterocycles. The first-order chi connectivity index (χ1) is 8.20. The quantitative estimate of drug-likeness (QED) is 0.860. The first kappa shape index (κ1) is 12.0. The molecular weight excluding hydrogens is 284 g/mol. The molecule has 1 fully saturated rings. The molecule has 0 saturated carbocycles. The van der Waals surface area contributed by atoms with Crippen molar-refractivity contribution in [2.24, 2.45) is 0 Å². The normalized spacial score (nSPS) is 19.1. The zero-order valence-corrected chi connectivity index (χ0v) is 10.9. The maximum absolute atomic E-state index is 8.91. The lowest BCUT2D eigenvalue weighted by atomic mass is 10.2. The molecule has 1 aliphatic rings. The van der Waals surface area contributed by atoms with Crippen LogP contribution < -0.4 is 10.5 Å². The molecule has 1 aromatic rings. The molecule has 0 aliphatic carbocycles. The second-order valence-electron chi connectivity index (χ2n) is 3.94. The Hall–Kier alpha value is -1.48. The molecule has 17 heavy (non-hydrogen) atoms. The molecule has 1 aromatic heterocycles. The molecule has 0 spiro atoms. The monoisotopic (exact) mass is 296 g/mol. The Balaban J connectivity index is 1.98. The van der Waals surface area contributed by atoms with Gasteiger partial charge in [0.25, 0.3) is 0 Å². The van der Waals surface area contributed by atoms with Crippen LogP contribution in [0.2, 0.25) is 0 Å². The molecule has 2 rings (SSSR count). The summed E-state index contributed by atoms with van der Waals surface area (Å²) in [6, 6.07) is 1.84. The van der Waals surface area contributed by atoms with Gasteiger partial charge in [-0.25, -0.2) is 4.98 Å². The number of pyridine rings is 1. The van der Waals surface area contributed by atoms with Gasteiger partial charge in [0.05, 0.1) is 10.5 Å². The van der Waals surface area contributed by atoms with Crippen molar-refractivity contribution >= 4 is 21.7 Å². The second-order valence-corrected chi connectivity index (χ2v) is 4.79. The van der Waals surface area contributed by atoms with Crippen LogP contribution >= 0.6 is 15.9 Å². The van der Waals surface area contributed by atoms with Gasteiger partial charge in [-0.05, 0) is 28.8 Å². The minimum Gasteiger partial charge on any atom is -0.490 e. The number of halogens is 1. The number of nitrogens with zero attached hydrogens (tertiary/aromatic N) is 3. The molecule has 1 unspecified atom stereocenters. The van der Waals surface area contributed by atoms with Crippen molar-refractivity contribution in [1.82, 2.24) is 9.88 Å². The van der Waals surface area contributed by atoms with Gasteiger partial charge in [0, 0.05) is 18.8 Å². The van der Waals surface area contributed by atoms with E-state index in [2.05, 4.69) is 27.1 Å². The van der Waals surface area contributed by atoms with E-state index < -0.39 is 0 Å². The number of ether oxygens (including phenoxy) is 1. The molecule has 90 valence electrons. The van der Waals surface area contributed by atoms with Gasteiger partial charge in [-0.15, -0.1) is 0 Å². The smallest absolute Gasteiger partial charge is 0.179 e. The Morgan fingerprint density at radius 1 is 1.71 bits per heavy atom. The van der Waals surface area contributed by atoms with Gasteiger partial charge in [-0.2, -0.15) is 5.26 Å². The number of nitrogens with two attached hydrogens (primary N) is 1. The van der Waals surface area contributed by atoms with Gasteiger partial charge < -0.3 is 15.4 Å². The highest BCUT2D eigenvalue weighted by atomic mass is 79.9. The van der Waals surface area contributed by atoms with E-state index in [0.717, 1.165) is 23.9 Å². The standard InChI is InChI=1S/C11H13BrN4O/c12-9-5-15-11(14)4-10(9)17-6-8-2-1-3-16(8)7-13/h4-5,8H,1-3,6H2,(H2,14,15). The lowest BCUT2D eigenvalue weighted by Gasteiger charge is -2.19. The minimum atomic E-state index is 0.168. The van der Waals surface area contributed by atoms with Crippen LogP contribution in [0.3, 0.4) is 0 Å². The largest absolute Gasteiger partial charge is 0.490 e. The van der Waals surface area contributed by atoms with Crippen molar-refractivity contribution in [1.29, 1.82) is 5.26 Å². The van der Waals surface area contributed by atoms with Gasteiger partial charge in [0.1, 0.15) is 18.2 Å². The molecule has 0 radical (unpaired) electrons. The molecule has 2 heterocycles. The average molecular weight is 297 g/mol. The summed E-state index contributed by atoms with van der Waals surface area (Å²) in [7, 11) is 0. The first-order valence-corrected chi connectivity index (χ1v) is 6.20. The number of anilines is 1. The Bertz CT molecular complexity index is 446. The topological polar surface area (TPSA) is 75.2 Å². The molecule has 5 nitrogen and oxygen atoms in total. The van der Waals surface area contributed by atoms with Crippen LogP contribution in [0.1, 0.15) is 12.8 Å². The van der Waals surface area contributed by atoms with Crippen LogP contribution in [-0.4, -0.2) is 29.1 Å². The molecule has 0 aromatic carbocycles. The third-order valence-electron chi connectivity index (χ3n) is 2.78. The lowest BCUT2D eigenvalue weighted by Crippen LogP contribution is -2.30. The van der Waals surface area contributed by atoms with Crippen LogP contribution in [-0.2, 0) is 0 Å². The Morgan fingerprint density at radius 2 is 2.53 bits per heavy atom. The Labute approximate surface area is 108 Å². The fraction of sp³-hybridized carbons (Fsp3) is 0.455. The van der Waals surface area contributed by atoms with E-state index in [9.17, 15) is 0 Å². The molecular formula is C11H13BrN4O. The van der Waals surface area contributed by atoms with Crippen molar-refractivity contribution in [3.05, 3.63) is 16.7 Å². The Morgan fingerprint density at radius 3 is 3.29 bits per heavy atom. The summed E-state index contributed by atoms with van der Waals surface area (Å²) < 4.78 is 6.45. The highest BCUT2D eigenvalue weighted by Gasteiger charge is 2.24. The summed E-state index contributed by atoms with van der Waals surface area (Å²) in [5, 5.41) is 8.91. The van der Waals surface area contributed by atoms with E-state index in [1.165, 1.54) is 0 Å². The van der Waals surface area contributed by atoms with Crippen molar-refractivity contribution in [2.75, 3.05) is 18.9 Å². The average Bonchev–Trinajstić information content (AvgIpc) is 2.77. The van der Waals surface area contributed by atoms with E-state index >= 15 is 0 Å². The van der Waals surface area contributed by atoms with Gasteiger partial charge in [0.15, 0.2) is 6.19 Å². The third kappa shape index (κ3) is 2.80. The number of nitriles is 1. The van der Waals surface area contributed by atoms with Gasteiger partial charge in [0.2, 0.25) is 0 Å². The second kappa shape index (κ2) is 5.23. The number of nitrogen functional groups attached to an aromatic ring is 1. The zero-order chi connectivity index (χ0) is 12.3. The zero-order valence-electron chi connectivity index (χ0n) is 9.27. The van der Waals surface area contributed by atoms with Gasteiger partial charge >= 0.3 is 0 Å². The summed E-state index contributed by atoms with van der Waals surface area (Å²) in [4.78, 5) is 5.70. The van der Waals surface area contributed by atoms with Crippen LogP contribution in [0.4, 0.5) is 5.82 Å². The number of likely N-dealkylation sites (tertiary alicyclic amines) is 1. The summed E-state index contributed by atoms with van der Waals surface area (Å²) in [5.74, 6) is 1.09. The Kier molecular flexibility index (Phi) is 3.69. The summed E-state index contributed by atoms with van der Waals surface area (Å²) in [6.45, 7) is 1.32. The summed E-state index contributed by atoms with van der Waals surface area (Å²) in [5.41, 5.74) is 5.59. The molecule has 1 atom stereocenters. The maximum atomic E-state index is 8.91. The molecule has 0 amide bonds.